The van der Waals surface area contributed by atoms with E-state index >= 15 is 0 Å². The van der Waals surface area contributed by atoms with Gasteiger partial charge in [-0.2, -0.15) is 5.26 Å². The fourth-order valence-corrected chi connectivity index (χ4v) is 1.53. The van der Waals surface area contributed by atoms with Crippen molar-refractivity contribution in [1.29, 1.82) is 5.26 Å². The lowest BCUT2D eigenvalue weighted by Crippen LogP contribution is -2.00. The molecule has 0 atom stereocenters. The molecular weight excluding hydrogens is 202 g/mol. The molecule has 0 amide bonds. The van der Waals surface area contributed by atoms with Crippen molar-refractivity contribution in [1.82, 2.24) is 0 Å². The van der Waals surface area contributed by atoms with Crippen molar-refractivity contribution in [2.24, 2.45) is 0 Å². The van der Waals surface area contributed by atoms with Crippen molar-refractivity contribution >= 4 is 5.97 Å². The van der Waals surface area contributed by atoms with Crippen molar-refractivity contribution in [3.8, 4) is 6.07 Å². The molecule has 0 aliphatic rings. The third-order valence-corrected chi connectivity index (χ3v) is 2.44. The van der Waals surface area contributed by atoms with Gasteiger partial charge >= 0.3 is 5.97 Å². The number of methoxy groups -OCH3 is 1. The first-order chi connectivity index (χ1) is 7.77. The molecule has 0 saturated carbocycles. The average Bonchev–Trinajstić information content (AvgIpc) is 2.34. The Kier molecular flexibility index (Phi) is 5.07. The summed E-state index contributed by atoms with van der Waals surface area (Å²) in [7, 11) is 1.40. The lowest BCUT2D eigenvalue weighted by atomic mass is 10.0. The highest BCUT2D eigenvalue weighted by atomic mass is 16.5. The van der Waals surface area contributed by atoms with Gasteiger partial charge in [-0.25, -0.2) is 0 Å². The Bertz CT molecular complexity index is 393. The molecule has 0 bridgehead atoms. The zero-order valence-electron chi connectivity index (χ0n) is 9.40. The summed E-state index contributed by atoms with van der Waals surface area (Å²) in [6.45, 7) is 0. The number of rotatable bonds is 5. The molecular formula is C13H15NO2. The first kappa shape index (κ1) is 12.3. The molecule has 0 aliphatic carbocycles. The lowest BCUT2D eigenvalue weighted by molar-refractivity contribution is -0.140. The number of hydrogen-bond acceptors (Lipinski definition) is 3. The molecule has 0 spiro atoms. The number of nitriles is 1. The van der Waals surface area contributed by atoms with Gasteiger partial charge in [-0.1, -0.05) is 18.2 Å². The molecule has 0 saturated heterocycles. The summed E-state index contributed by atoms with van der Waals surface area (Å²) < 4.78 is 4.56. The number of hydrogen-bond donors (Lipinski definition) is 0. The van der Waals surface area contributed by atoms with Gasteiger partial charge in [0.15, 0.2) is 0 Å². The molecule has 3 heteroatoms. The van der Waals surface area contributed by atoms with Gasteiger partial charge in [-0.15, -0.1) is 0 Å². The highest BCUT2D eigenvalue weighted by Crippen LogP contribution is 2.11. The van der Waals surface area contributed by atoms with Crippen LogP contribution >= 0.6 is 0 Å². The van der Waals surface area contributed by atoms with Gasteiger partial charge in [0.1, 0.15) is 0 Å². The number of benzene rings is 1. The lowest BCUT2D eigenvalue weighted by Gasteiger charge is -2.03. The molecule has 0 unspecified atom stereocenters. The number of carbonyl (C=O) groups is 1. The van der Waals surface area contributed by atoms with E-state index in [1.54, 1.807) is 0 Å². The second-order valence-electron chi connectivity index (χ2n) is 3.55. The summed E-state index contributed by atoms with van der Waals surface area (Å²) >= 11 is 0. The predicted molar refractivity (Wildman–Crippen MR) is 60.7 cm³/mol. The summed E-state index contributed by atoms with van der Waals surface area (Å²) in [5, 5.41) is 8.88. The molecule has 0 radical (unpaired) electrons. The minimum atomic E-state index is -0.173. The van der Waals surface area contributed by atoms with Gasteiger partial charge < -0.3 is 4.74 Å². The molecule has 84 valence electrons. The van der Waals surface area contributed by atoms with E-state index in [0.29, 0.717) is 6.42 Å². The summed E-state index contributed by atoms with van der Waals surface area (Å²) in [6, 6.07) is 9.72. The van der Waals surface area contributed by atoms with E-state index in [4.69, 9.17) is 5.26 Å². The summed E-state index contributed by atoms with van der Waals surface area (Å²) in [5.74, 6) is -0.173. The molecule has 1 aromatic carbocycles. The SMILES string of the molecule is COC(=O)CCCCc1ccccc1C#N. The van der Waals surface area contributed by atoms with Crippen LogP contribution in [0.4, 0.5) is 0 Å². The second-order valence-corrected chi connectivity index (χ2v) is 3.55. The predicted octanol–water partition coefficient (Wildman–Crippen LogP) is 2.44. The maximum Gasteiger partial charge on any atom is 0.305 e. The second kappa shape index (κ2) is 6.62. The van der Waals surface area contributed by atoms with Crippen LogP contribution in [-0.4, -0.2) is 13.1 Å². The topological polar surface area (TPSA) is 50.1 Å². The number of ether oxygens (including phenoxy) is 1. The van der Waals surface area contributed by atoms with E-state index in [1.165, 1.54) is 7.11 Å². The number of nitrogens with zero attached hydrogens (tertiary/aromatic N) is 1. The maximum atomic E-state index is 10.9. The van der Waals surface area contributed by atoms with E-state index in [0.717, 1.165) is 30.4 Å². The van der Waals surface area contributed by atoms with Crippen LogP contribution in [0.1, 0.15) is 30.4 Å². The van der Waals surface area contributed by atoms with Crippen LogP contribution < -0.4 is 0 Å². The summed E-state index contributed by atoms with van der Waals surface area (Å²) in [4.78, 5) is 10.9. The molecule has 0 aromatic heterocycles. The van der Waals surface area contributed by atoms with E-state index < -0.39 is 0 Å². The Morgan fingerprint density at radius 1 is 1.38 bits per heavy atom. The minimum absolute atomic E-state index is 0.173. The molecule has 0 fully saturated rings. The van der Waals surface area contributed by atoms with Gasteiger partial charge in [0.05, 0.1) is 18.7 Å². The van der Waals surface area contributed by atoms with Crippen LogP contribution in [0.25, 0.3) is 0 Å². The fraction of sp³-hybridized carbons (Fsp3) is 0.385. The smallest absolute Gasteiger partial charge is 0.305 e. The Hall–Kier alpha value is -1.82. The van der Waals surface area contributed by atoms with Crippen LogP contribution in [0.5, 0.6) is 0 Å². The number of unbranched alkanes of at least 4 members (excludes halogenated alkanes) is 1. The highest BCUT2D eigenvalue weighted by Gasteiger charge is 2.02. The number of carbonyl (C=O) groups excluding carboxylic acids is 1. The first-order valence-electron chi connectivity index (χ1n) is 5.32. The van der Waals surface area contributed by atoms with E-state index in [9.17, 15) is 4.79 Å². The monoisotopic (exact) mass is 217 g/mol. The van der Waals surface area contributed by atoms with Crippen molar-refractivity contribution < 1.29 is 9.53 Å². The van der Waals surface area contributed by atoms with Crippen LogP contribution in [0.3, 0.4) is 0 Å². The van der Waals surface area contributed by atoms with Crippen LogP contribution in [0.15, 0.2) is 24.3 Å². The maximum absolute atomic E-state index is 10.9. The van der Waals surface area contributed by atoms with Crippen molar-refractivity contribution in [3.05, 3.63) is 35.4 Å². The van der Waals surface area contributed by atoms with Crippen LogP contribution in [0, 0.1) is 11.3 Å². The molecule has 3 nitrogen and oxygen atoms in total. The standard InChI is InChI=1S/C13H15NO2/c1-16-13(15)9-5-4-7-11-6-2-3-8-12(11)10-14/h2-3,6,8H,4-5,7,9H2,1H3. The third kappa shape index (κ3) is 3.74. The Morgan fingerprint density at radius 2 is 2.12 bits per heavy atom. The number of esters is 1. The minimum Gasteiger partial charge on any atom is -0.469 e. The van der Waals surface area contributed by atoms with Gasteiger partial charge in [0.25, 0.3) is 0 Å². The Morgan fingerprint density at radius 3 is 2.81 bits per heavy atom. The summed E-state index contributed by atoms with van der Waals surface area (Å²) in [5.41, 5.74) is 1.77. The van der Waals surface area contributed by atoms with Gasteiger partial charge in [-0.05, 0) is 30.9 Å². The molecule has 0 aliphatic heterocycles. The molecule has 1 aromatic rings. The van der Waals surface area contributed by atoms with E-state index in [2.05, 4.69) is 10.8 Å². The largest absolute Gasteiger partial charge is 0.469 e. The number of aryl methyl sites for hydroxylation is 1. The molecule has 1 rings (SSSR count). The van der Waals surface area contributed by atoms with Gasteiger partial charge in [0, 0.05) is 6.42 Å². The highest BCUT2D eigenvalue weighted by molar-refractivity contribution is 5.68. The van der Waals surface area contributed by atoms with Crippen LogP contribution in [-0.2, 0) is 16.0 Å². The first-order valence-corrected chi connectivity index (χ1v) is 5.32. The molecule has 16 heavy (non-hydrogen) atoms. The zero-order chi connectivity index (χ0) is 11.8. The quantitative estimate of drug-likeness (QED) is 0.562. The fourth-order valence-electron chi connectivity index (χ4n) is 1.53. The third-order valence-electron chi connectivity index (χ3n) is 2.44. The zero-order valence-corrected chi connectivity index (χ0v) is 9.40. The Labute approximate surface area is 95.7 Å². The molecule has 0 N–H and O–H groups in total. The van der Waals surface area contributed by atoms with Crippen molar-refractivity contribution in [3.63, 3.8) is 0 Å². The molecule has 0 heterocycles. The van der Waals surface area contributed by atoms with Crippen molar-refractivity contribution in [2.75, 3.05) is 7.11 Å². The normalized spacial score (nSPS) is 9.50. The van der Waals surface area contributed by atoms with Crippen molar-refractivity contribution in [2.45, 2.75) is 25.7 Å². The summed E-state index contributed by atoms with van der Waals surface area (Å²) in [6.07, 6.45) is 2.98. The van der Waals surface area contributed by atoms with E-state index in [-0.39, 0.29) is 5.97 Å². The van der Waals surface area contributed by atoms with Gasteiger partial charge in [-0.3, -0.25) is 4.79 Å². The van der Waals surface area contributed by atoms with Crippen LogP contribution in [0.2, 0.25) is 0 Å². The van der Waals surface area contributed by atoms with Gasteiger partial charge in [0.2, 0.25) is 0 Å². The Balaban J connectivity index is 2.38. The average molecular weight is 217 g/mol. The van der Waals surface area contributed by atoms with E-state index in [1.807, 2.05) is 24.3 Å².